The smallest absolute Gasteiger partial charge is 0.221 e. The number of carbonyl (C=O) groups is 1. The summed E-state index contributed by atoms with van der Waals surface area (Å²) in [5.74, 6) is 0.643. The fourth-order valence-corrected chi connectivity index (χ4v) is 3.49. The van der Waals surface area contributed by atoms with E-state index in [-0.39, 0.29) is 23.1 Å². The van der Waals surface area contributed by atoms with Crippen molar-refractivity contribution in [1.29, 1.82) is 0 Å². The van der Waals surface area contributed by atoms with Gasteiger partial charge in [-0.05, 0) is 30.1 Å². The first kappa shape index (κ1) is 12.0. The summed E-state index contributed by atoms with van der Waals surface area (Å²) in [5.41, 5.74) is 0.0778. The molecule has 90 valence electrons. The monoisotopic (exact) mass is 261 g/mol. The Morgan fingerprint density at radius 2 is 2.19 bits per heavy atom. The third kappa shape index (κ3) is 2.79. The number of carbonyl (C=O) groups excluding carboxylic acids is 1. The molecule has 0 aromatic carbocycles. The Hall–Kier alpha value is -0.490. The molecule has 1 heterocycles. The lowest BCUT2D eigenvalue weighted by atomic mass is 10.0. The van der Waals surface area contributed by atoms with Crippen LogP contribution >= 0.6 is 12.6 Å². The average Bonchev–Trinajstić information content (AvgIpc) is 2.87. The summed E-state index contributed by atoms with van der Waals surface area (Å²) in [6, 6.07) is -0.354. The molecule has 0 spiro atoms. The molecule has 0 bridgehead atoms. The lowest BCUT2D eigenvalue weighted by Gasteiger charge is -2.14. The van der Waals surface area contributed by atoms with Gasteiger partial charge in [-0.15, -0.1) is 0 Å². The summed E-state index contributed by atoms with van der Waals surface area (Å²) in [6.45, 7) is 0. The maximum Gasteiger partial charge on any atom is 0.221 e. The minimum Gasteiger partial charge on any atom is -0.349 e. The van der Waals surface area contributed by atoms with Crippen LogP contribution in [0.25, 0.3) is 0 Å². The van der Waals surface area contributed by atoms with Crippen LogP contribution in [0.15, 0.2) is 11.5 Å². The van der Waals surface area contributed by atoms with Crippen LogP contribution < -0.4 is 5.32 Å². The lowest BCUT2D eigenvalue weighted by molar-refractivity contribution is -0.122. The zero-order chi connectivity index (χ0) is 11.8. The highest BCUT2D eigenvalue weighted by Crippen LogP contribution is 2.49. The minimum absolute atomic E-state index is 0.00733. The van der Waals surface area contributed by atoms with Crippen LogP contribution in [0.5, 0.6) is 0 Å². The predicted octanol–water partition coefficient (Wildman–Crippen LogP) is 0.513. The summed E-state index contributed by atoms with van der Waals surface area (Å²) < 4.78 is 22.3. The van der Waals surface area contributed by atoms with Crippen LogP contribution in [-0.2, 0) is 14.6 Å². The normalized spacial score (nSPS) is 28.9. The second kappa shape index (κ2) is 4.07. The van der Waals surface area contributed by atoms with Crippen LogP contribution in [0.3, 0.4) is 0 Å². The van der Waals surface area contributed by atoms with E-state index in [2.05, 4.69) is 17.9 Å². The number of hydrogen-bond donors (Lipinski definition) is 2. The number of hydrogen-bond acceptors (Lipinski definition) is 4. The average molecular weight is 261 g/mol. The van der Waals surface area contributed by atoms with E-state index in [9.17, 15) is 13.2 Å². The van der Waals surface area contributed by atoms with Gasteiger partial charge in [-0.3, -0.25) is 4.79 Å². The maximum atomic E-state index is 11.7. The molecule has 16 heavy (non-hydrogen) atoms. The Morgan fingerprint density at radius 3 is 2.62 bits per heavy atom. The molecule has 1 aliphatic carbocycles. The van der Waals surface area contributed by atoms with Gasteiger partial charge >= 0.3 is 0 Å². The molecule has 1 unspecified atom stereocenters. The van der Waals surface area contributed by atoms with Gasteiger partial charge in [0.2, 0.25) is 5.91 Å². The molecule has 1 aliphatic heterocycles. The molecular weight excluding hydrogens is 246 g/mol. The minimum atomic E-state index is -3.09. The summed E-state index contributed by atoms with van der Waals surface area (Å²) in [7, 11) is -3.09. The Kier molecular flexibility index (Phi) is 3.05. The Balaban J connectivity index is 1.83. The molecule has 1 saturated carbocycles. The van der Waals surface area contributed by atoms with Crippen molar-refractivity contribution in [3.05, 3.63) is 11.5 Å². The van der Waals surface area contributed by atoms with E-state index in [0.717, 1.165) is 18.6 Å². The fourth-order valence-electron chi connectivity index (χ4n) is 1.83. The topological polar surface area (TPSA) is 63.2 Å². The highest BCUT2D eigenvalue weighted by atomic mass is 32.2. The van der Waals surface area contributed by atoms with Crippen molar-refractivity contribution in [2.24, 2.45) is 5.41 Å². The van der Waals surface area contributed by atoms with E-state index in [1.807, 2.05) is 0 Å². The van der Waals surface area contributed by atoms with Crippen LogP contribution in [0, 0.1) is 5.41 Å². The number of rotatable bonds is 4. The number of sulfone groups is 1. The van der Waals surface area contributed by atoms with Crippen molar-refractivity contribution in [2.45, 2.75) is 25.3 Å². The largest absolute Gasteiger partial charge is 0.349 e. The summed E-state index contributed by atoms with van der Waals surface area (Å²) in [5, 5.41) is 3.90. The van der Waals surface area contributed by atoms with Gasteiger partial charge in [-0.25, -0.2) is 8.42 Å². The van der Waals surface area contributed by atoms with Gasteiger partial charge in [0.15, 0.2) is 9.84 Å². The second-order valence-electron chi connectivity index (χ2n) is 4.67. The van der Waals surface area contributed by atoms with Gasteiger partial charge in [0.1, 0.15) is 0 Å². The second-order valence-corrected chi connectivity index (χ2v) is 6.91. The molecule has 0 radical (unpaired) electrons. The van der Waals surface area contributed by atoms with E-state index in [0.29, 0.717) is 6.42 Å². The molecule has 4 nitrogen and oxygen atoms in total. The predicted molar refractivity (Wildman–Crippen MR) is 65.0 cm³/mol. The number of nitrogens with one attached hydrogen (secondary N) is 1. The molecule has 2 rings (SSSR count). The molecule has 2 aliphatic rings. The SMILES string of the molecule is O=C(CC1(CS)CC1)NC1C=CS(=O)(=O)C1. The summed E-state index contributed by atoms with van der Waals surface area (Å²) in [4.78, 5) is 11.7. The van der Waals surface area contributed by atoms with Crippen molar-refractivity contribution in [3.8, 4) is 0 Å². The third-order valence-corrected chi connectivity index (χ3v) is 5.17. The van der Waals surface area contributed by atoms with Crippen molar-refractivity contribution in [3.63, 3.8) is 0 Å². The molecule has 0 aromatic heterocycles. The van der Waals surface area contributed by atoms with E-state index < -0.39 is 9.84 Å². The van der Waals surface area contributed by atoms with Crippen LogP contribution in [0.1, 0.15) is 19.3 Å². The first-order chi connectivity index (χ1) is 7.45. The van der Waals surface area contributed by atoms with Crippen molar-refractivity contribution in [1.82, 2.24) is 5.32 Å². The third-order valence-electron chi connectivity index (χ3n) is 3.10. The van der Waals surface area contributed by atoms with Crippen LogP contribution in [0.4, 0.5) is 0 Å². The van der Waals surface area contributed by atoms with Gasteiger partial charge in [0.05, 0.1) is 11.8 Å². The van der Waals surface area contributed by atoms with Crippen LogP contribution in [-0.4, -0.2) is 31.9 Å². The quantitative estimate of drug-likeness (QED) is 0.725. The van der Waals surface area contributed by atoms with E-state index in [1.54, 1.807) is 0 Å². The number of amides is 1. The van der Waals surface area contributed by atoms with Gasteiger partial charge in [-0.1, -0.05) is 0 Å². The summed E-state index contributed by atoms with van der Waals surface area (Å²) >= 11 is 4.22. The van der Waals surface area contributed by atoms with Crippen molar-refractivity contribution in [2.75, 3.05) is 11.5 Å². The van der Waals surface area contributed by atoms with Crippen LogP contribution in [0.2, 0.25) is 0 Å². The lowest BCUT2D eigenvalue weighted by Crippen LogP contribution is -2.36. The highest BCUT2D eigenvalue weighted by Gasteiger charge is 2.43. The molecule has 1 atom stereocenters. The Bertz CT molecular complexity index is 423. The van der Waals surface area contributed by atoms with E-state index in [1.165, 1.54) is 11.5 Å². The molecule has 6 heteroatoms. The van der Waals surface area contributed by atoms with Gasteiger partial charge in [0.25, 0.3) is 0 Å². The Morgan fingerprint density at radius 1 is 1.50 bits per heavy atom. The zero-order valence-corrected chi connectivity index (χ0v) is 10.6. The standard InChI is InChI=1S/C10H15NO3S2/c12-9(5-10(7-15)2-3-10)11-8-1-4-16(13,14)6-8/h1,4,8,15H,2-3,5-7H2,(H,11,12). The first-order valence-electron chi connectivity index (χ1n) is 5.26. The van der Waals surface area contributed by atoms with E-state index in [4.69, 9.17) is 0 Å². The number of thiol groups is 1. The molecule has 1 fully saturated rings. The van der Waals surface area contributed by atoms with E-state index >= 15 is 0 Å². The fraction of sp³-hybridized carbons (Fsp3) is 0.700. The van der Waals surface area contributed by atoms with Gasteiger partial charge in [-0.2, -0.15) is 12.6 Å². The molecular formula is C10H15NO3S2. The van der Waals surface area contributed by atoms with Crippen molar-refractivity contribution >= 4 is 28.4 Å². The van der Waals surface area contributed by atoms with Gasteiger partial charge < -0.3 is 5.32 Å². The zero-order valence-electron chi connectivity index (χ0n) is 8.85. The molecule has 0 aromatic rings. The molecule has 1 amide bonds. The van der Waals surface area contributed by atoms with Crippen molar-refractivity contribution < 1.29 is 13.2 Å². The summed E-state index contributed by atoms with van der Waals surface area (Å²) in [6.07, 6.45) is 4.08. The molecule has 0 saturated heterocycles. The highest BCUT2D eigenvalue weighted by molar-refractivity contribution is 7.94. The first-order valence-corrected chi connectivity index (χ1v) is 7.61. The Labute approximate surface area is 101 Å². The van der Waals surface area contributed by atoms with Gasteiger partial charge in [0, 0.05) is 11.8 Å². The maximum absolute atomic E-state index is 11.7. The molecule has 1 N–H and O–H groups in total.